The maximum atomic E-state index is 13.8. The van der Waals surface area contributed by atoms with Gasteiger partial charge in [-0.1, -0.05) is 0 Å². The summed E-state index contributed by atoms with van der Waals surface area (Å²) in [4.78, 5) is 21.4. The summed E-state index contributed by atoms with van der Waals surface area (Å²) >= 11 is 0. The van der Waals surface area contributed by atoms with Gasteiger partial charge in [-0.05, 0) is 25.1 Å². The second kappa shape index (κ2) is 8.85. The summed E-state index contributed by atoms with van der Waals surface area (Å²) in [6.45, 7) is -1.59. The third-order valence-electron chi connectivity index (χ3n) is 3.22. The number of benzene rings is 1. The van der Waals surface area contributed by atoms with Crippen LogP contribution in [-0.2, 0) is 19.6 Å². The number of rotatable bonds is 9. The molecule has 0 aliphatic heterocycles. The van der Waals surface area contributed by atoms with Crippen LogP contribution >= 0.6 is 0 Å². The number of hydrogen-bond acceptors (Lipinski definition) is 5. The molecule has 1 rings (SSSR count). The summed E-state index contributed by atoms with van der Waals surface area (Å²) in [5.41, 5.74) is 0. The van der Waals surface area contributed by atoms with Crippen molar-refractivity contribution in [2.45, 2.75) is 31.4 Å². The molecule has 0 fully saturated rings. The number of alkyl halides is 2. The second-order valence-electron chi connectivity index (χ2n) is 5.08. The van der Waals surface area contributed by atoms with Crippen molar-refractivity contribution in [3.63, 3.8) is 0 Å². The molecule has 26 heavy (non-hydrogen) atoms. The van der Waals surface area contributed by atoms with E-state index < -0.39 is 57.6 Å². The van der Waals surface area contributed by atoms with Gasteiger partial charge in [-0.3, -0.25) is 9.59 Å². The predicted octanol–water partition coefficient (Wildman–Crippen LogP) is 1.03. The number of nitrogens with one attached hydrogen (secondary N) is 1. The molecule has 0 saturated heterocycles. The molecule has 0 bridgehead atoms. The number of carboxylic acid groups (broad SMARTS) is 1. The first-order chi connectivity index (χ1) is 12.0. The van der Waals surface area contributed by atoms with Gasteiger partial charge in [0.15, 0.2) is 11.6 Å². The van der Waals surface area contributed by atoms with Crippen LogP contribution in [0, 0.1) is 5.82 Å². The molecule has 1 atom stereocenters. The van der Waals surface area contributed by atoms with Crippen molar-refractivity contribution in [3.8, 4) is 5.75 Å². The Kier molecular flexibility index (Phi) is 7.39. The fourth-order valence-electron chi connectivity index (χ4n) is 1.96. The SMILES string of the molecule is CC(=O)NCCN(C(C)C(=O)O)S(=O)(=O)c1ccc(OC(F)F)c(F)c1. The second-order valence-corrected chi connectivity index (χ2v) is 6.97. The van der Waals surface area contributed by atoms with Crippen molar-refractivity contribution in [1.82, 2.24) is 9.62 Å². The van der Waals surface area contributed by atoms with E-state index in [1.165, 1.54) is 6.92 Å². The minimum Gasteiger partial charge on any atom is -0.480 e. The smallest absolute Gasteiger partial charge is 0.387 e. The molecule has 146 valence electrons. The first kappa shape index (κ1) is 21.7. The van der Waals surface area contributed by atoms with Crippen LogP contribution in [0.3, 0.4) is 0 Å². The van der Waals surface area contributed by atoms with Crippen LogP contribution in [0.2, 0.25) is 0 Å². The van der Waals surface area contributed by atoms with Gasteiger partial charge in [0.1, 0.15) is 6.04 Å². The molecule has 12 heteroatoms. The monoisotopic (exact) mass is 398 g/mol. The number of sulfonamides is 1. The summed E-state index contributed by atoms with van der Waals surface area (Å²) in [5.74, 6) is -4.12. The van der Waals surface area contributed by atoms with E-state index in [1.54, 1.807) is 0 Å². The maximum absolute atomic E-state index is 13.8. The molecule has 0 radical (unpaired) electrons. The van der Waals surface area contributed by atoms with Gasteiger partial charge in [0.25, 0.3) is 0 Å². The molecular weight excluding hydrogens is 381 g/mol. The van der Waals surface area contributed by atoms with Gasteiger partial charge in [-0.25, -0.2) is 12.8 Å². The minimum atomic E-state index is -4.49. The van der Waals surface area contributed by atoms with Crippen molar-refractivity contribution in [2.75, 3.05) is 13.1 Å². The van der Waals surface area contributed by atoms with Gasteiger partial charge in [-0.2, -0.15) is 13.1 Å². The fraction of sp³-hybridized carbons (Fsp3) is 0.429. The summed E-state index contributed by atoms with van der Waals surface area (Å²) in [5, 5.41) is 11.4. The number of amides is 1. The highest BCUT2D eigenvalue weighted by molar-refractivity contribution is 7.89. The zero-order valence-corrected chi connectivity index (χ0v) is 14.6. The largest absolute Gasteiger partial charge is 0.480 e. The minimum absolute atomic E-state index is 0.179. The van der Waals surface area contributed by atoms with Crippen LogP contribution < -0.4 is 10.1 Å². The topological polar surface area (TPSA) is 113 Å². The molecule has 2 N–H and O–H groups in total. The van der Waals surface area contributed by atoms with E-state index in [9.17, 15) is 31.2 Å². The number of carbonyl (C=O) groups excluding carboxylic acids is 1. The lowest BCUT2D eigenvalue weighted by atomic mass is 10.3. The van der Waals surface area contributed by atoms with Crippen LogP contribution in [0.25, 0.3) is 0 Å². The third kappa shape index (κ3) is 5.59. The number of halogens is 3. The third-order valence-corrected chi connectivity index (χ3v) is 5.19. The van der Waals surface area contributed by atoms with E-state index in [2.05, 4.69) is 10.1 Å². The Balaban J connectivity index is 3.20. The average molecular weight is 398 g/mol. The molecule has 1 unspecified atom stereocenters. The molecule has 1 aromatic rings. The summed E-state index contributed by atoms with van der Waals surface area (Å²) in [6.07, 6.45) is 0. The van der Waals surface area contributed by atoms with Crippen molar-refractivity contribution in [2.24, 2.45) is 0 Å². The van der Waals surface area contributed by atoms with Gasteiger partial charge >= 0.3 is 12.6 Å². The van der Waals surface area contributed by atoms with Crippen molar-refractivity contribution >= 4 is 21.9 Å². The first-order valence-corrected chi connectivity index (χ1v) is 8.64. The highest BCUT2D eigenvalue weighted by Gasteiger charge is 2.33. The fourth-order valence-corrected chi connectivity index (χ4v) is 3.56. The van der Waals surface area contributed by atoms with E-state index in [0.717, 1.165) is 13.0 Å². The average Bonchev–Trinajstić information content (AvgIpc) is 2.51. The van der Waals surface area contributed by atoms with Gasteiger partial charge in [0, 0.05) is 20.0 Å². The van der Waals surface area contributed by atoms with E-state index >= 15 is 0 Å². The molecule has 0 spiro atoms. The predicted molar refractivity (Wildman–Crippen MR) is 82.7 cm³/mol. The maximum Gasteiger partial charge on any atom is 0.387 e. The van der Waals surface area contributed by atoms with Crippen LogP contribution in [0.5, 0.6) is 5.75 Å². The van der Waals surface area contributed by atoms with E-state index in [-0.39, 0.29) is 6.54 Å². The lowest BCUT2D eigenvalue weighted by molar-refractivity contribution is -0.140. The molecular formula is C14H17F3N2O6S. The lowest BCUT2D eigenvalue weighted by Gasteiger charge is -2.26. The highest BCUT2D eigenvalue weighted by Crippen LogP contribution is 2.25. The Morgan fingerprint density at radius 3 is 2.42 bits per heavy atom. The Bertz CT molecular complexity index is 772. The standard InChI is InChI=1S/C14H17F3N2O6S/c1-8(13(21)22)19(6-5-18-9(2)20)26(23,24)10-3-4-12(11(15)7-10)25-14(16)17/h3-4,7-8,14H,5-6H2,1-2H3,(H,18,20)(H,21,22). The van der Waals surface area contributed by atoms with Crippen molar-refractivity contribution < 1.29 is 41.0 Å². The Labute approximate surface area is 147 Å². The summed E-state index contributed by atoms with van der Waals surface area (Å²) in [7, 11) is -4.49. The number of aliphatic carboxylic acids is 1. The van der Waals surface area contributed by atoms with Crippen LogP contribution in [0.1, 0.15) is 13.8 Å². The van der Waals surface area contributed by atoms with Gasteiger partial charge in [-0.15, -0.1) is 0 Å². The van der Waals surface area contributed by atoms with Gasteiger partial charge in [0.2, 0.25) is 15.9 Å². The number of nitrogens with zero attached hydrogens (tertiary/aromatic N) is 1. The molecule has 0 aromatic heterocycles. The first-order valence-electron chi connectivity index (χ1n) is 7.20. The summed E-state index contributed by atoms with van der Waals surface area (Å²) < 4.78 is 67.8. The quantitative estimate of drug-likeness (QED) is 0.642. The van der Waals surface area contributed by atoms with Gasteiger partial charge in [0.05, 0.1) is 4.90 Å². The molecule has 0 heterocycles. The normalized spacial score (nSPS) is 12.9. The van der Waals surface area contributed by atoms with Crippen LogP contribution in [0.15, 0.2) is 23.1 Å². The number of carboxylic acids is 1. The highest BCUT2D eigenvalue weighted by atomic mass is 32.2. The molecule has 8 nitrogen and oxygen atoms in total. The van der Waals surface area contributed by atoms with Crippen LogP contribution in [-0.4, -0.2) is 55.4 Å². The molecule has 0 saturated carbocycles. The zero-order chi connectivity index (χ0) is 20.1. The number of ether oxygens (including phenoxy) is 1. The Morgan fingerprint density at radius 1 is 1.35 bits per heavy atom. The number of hydrogen-bond donors (Lipinski definition) is 2. The van der Waals surface area contributed by atoms with Crippen molar-refractivity contribution in [1.29, 1.82) is 0 Å². The van der Waals surface area contributed by atoms with E-state index in [4.69, 9.17) is 5.11 Å². The van der Waals surface area contributed by atoms with E-state index in [0.29, 0.717) is 16.4 Å². The molecule has 1 aromatic carbocycles. The van der Waals surface area contributed by atoms with Crippen molar-refractivity contribution in [3.05, 3.63) is 24.0 Å². The Hall–Kier alpha value is -2.34. The van der Waals surface area contributed by atoms with Gasteiger partial charge < -0.3 is 15.2 Å². The molecule has 0 aliphatic carbocycles. The van der Waals surface area contributed by atoms with Crippen LogP contribution in [0.4, 0.5) is 13.2 Å². The number of carbonyl (C=O) groups is 2. The lowest BCUT2D eigenvalue weighted by Crippen LogP contribution is -2.46. The molecule has 0 aliphatic rings. The zero-order valence-electron chi connectivity index (χ0n) is 13.8. The molecule has 1 amide bonds. The Morgan fingerprint density at radius 2 is 1.96 bits per heavy atom. The summed E-state index contributed by atoms with van der Waals surface area (Å²) in [6, 6.07) is 0.448. The van der Waals surface area contributed by atoms with E-state index in [1.807, 2.05) is 0 Å².